The molecule has 8 heteroatoms. The molecular weight excluding hydrogens is 450 g/mol. The van der Waals surface area contributed by atoms with E-state index in [9.17, 15) is 4.79 Å². The number of aromatic nitrogens is 1. The van der Waals surface area contributed by atoms with Crippen molar-refractivity contribution in [2.75, 3.05) is 5.75 Å². The number of rotatable bonds is 8. The third kappa shape index (κ3) is 6.30. The standard InChI is InChI=1S/C23H18ClN3O2S2/c24-18-5-3-4-17(12-18)14-29-19-10-8-16(9-11-19)13-25-27-22(28)15-30-23-26-20-6-1-2-7-21(20)31-23/h1-13H,14-15H2,(H,27,28). The second kappa shape index (κ2) is 10.4. The molecule has 4 rings (SSSR count). The Morgan fingerprint density at radius 3 is 2.77 bits per heavy atom. The second-order valence-corrected chi connectivity index (χ2v) is 9.21. The van der Waals surface area contributed by atoms with Gasteiger partial charge in [-0.15, -0.1) is 11.3 Å². The monoisotopic (exact) mass is 467 g/mol. The van der Waals surface area contributed by atoms with Crippen molar-refractivity contribution in [3.8, 4) is 5.75 Å². The van der Waals surface area contributed by atoms with Gasteiger partial charge in [0.1, 0.15) is 12.4 Å². The van der Waals surface area contributed by atoms with Crippen LogP contribution in [0.15, 0.2) is 82.2 Å². The number of benzene rings is 3. The molecule has 3 aromatic carbocycles. The summed E-state index contributed by atoms with van der Waals surface area (Å²) in [7, 11) is 0. The van der Waals surface area contributed by atoms with Crippen molar-refractivity contribution in [1.82, 2.24) is 10.4 Å². The molecule has 0 radical (unpaired) electrons. The number of nitrogens with one attached hydrogen (secondary N) is 1. The third-order valence-corrected chi connectivity index (χ3v) is 6.59. The minimum Gasteiger partial charge on any atom is -0.489 e. The molecule has 4 aromatic rings. The van der Waals surface area contributed by atoms with Gasteiger partial charge < -0.3 is 4.74 Å². The van der Waals surface area contributed by atoms with Crippen LogP contribution in [0.4, 0.5) is 0 Å². The van der Waals surface area contributed by atoms with E-state index in [1.807, 2.05) is 72.8 Å². The van der Waals surface area contributed by atoms with Gasteiger partial charge in [-0.25, -0.2) is 10.4 Å². The van der Waals surface area contributed by atoms with Crippen LogP contribution in [0.3, 0.4) is 0 Å². The fourth-order valence-corrected chi connectivity index (χ4v) is 4.77. The molecule has 0 aliphatic rings. The van der Waals surface area contributed by atoms with Crippen LogP contribution in [0.25, 0.3) is 10.2 Å². The number of ether oxygens (including phenoxy) is 1. The van der Waals surface area contributed by atoms with Gasteiger partial charge in [-0.05, 0) is 59.7 Å². The second-order valence-electron chi connectivity index (χ2n) is 6.52. The van der Waals surface area contributed by atoms with E-state index in [-0.39, 0.29) is 11.7 Å². The third-order valence-electron chi connectivity index (χ3n) is 4.18. The summed E-state index contributed by atoms with van der Waals surface area (Å²) in [5.41, 5.74) is 5.36. The number of carbonyl (C=O) groups is 1. The first-order valence-electron chi connectivity index (χ1n) is 9.43. The fourth-order valence-electron chi connectivity index (χ4n) is 2.69. The summed E-state index contributed by atoms with van der Waals surface area (Å²) in [6, 6.07) is 23.0. The topological polar surface area (TPSA) is 63.6 Å². The normalized spacial score (nSPS) is 11.1. The van der Waals surface area contributed by atoms with Gasteiger partial charge in [0.15, 0.2) is 4.34 Å². The highest BCUT2D eigenvalue weighted by Crippen LogP contribution is 2.29. The Bertz CT molecular complexity index is 1180. The van der Waals surface area contributed by atoms with Crippen molar-refractivity contribution >= 4 is 57.0 Å². The number of amides is 1. The molecule has 0 spiro atoms. The zero-order chi connectivity index (χ0) is 21.5. The van der Waals surface area contributed by atoms with Crippen LogP contribution in [0.2, 0.25) is 5.02 Å². The maximum absolute atomic E-state index is 12.0. The number of hydrazone groups is 1. The number of thiazole rings is 1. The molecule has 0 atom stereocenters. The van der Waals surface area contributed by atoms with E-state index >= 15 is 0 Å². The summed E-state index contributed by atoms with van der Waals surface area (Å²) in [6.45, 7) is 0.441. The number of fused-ring (bicyclic) bond motifs is 1. The van der Waals surface area contributed by atoms with Gasteiger partial charge in [0.25, 0.3) is 5.91 Å². The summed E-state index contributed by atoms with van der Waals surface area (Å²) in [6.07, 6.45) is 1.60. The number of nitrogens with zero attached hydrogens (tertiary/aromatic N) is 2. The van der Waals surface area contributed by atoms with Crippen molar-refractivity contribution in [2.24, 2.45) is 5.10 Å². The first-order chi connectivity index (χ1) is 15.2. The smallest absolute Gasteiger partial charge is 0.250 e. The highest BCUT2D eigenvalue weighted by atomic mass is 35.5. The summed E-state index contributed by atoms with van der Waals surface area (Å²) >= 11 is 8.96. The molecule has 5 nitrogen and oxygen atoms in total. The highest BCUT2D eigenvalue weighted by molar-refractivity contribution is 8.01. The number of hydrogen-bond acceptors (Lipinski definition) is 6. The maximum atomic E-state index is 12.0. The van der Waals surface area contributed by atoms with Crippen molar-refractivity contribution in [3.05, 3.63) is 88.9 Å². The van der Waals surface area contributed by atoms with Gasteiger partial charge in [-0.1, -0.05) is 47.6 Å². The molecule has 0 aliphatic heterocycles. The first kappa shape index (κ1) is 21.4. The Kier molecular flexibility index (Phi) is 7.19. The minimum atomic E-state index is -0.179. The lowest BCUT2D eigenvalue weighted by molar-refractivity contribution is -0.118. The lowest BCUT2D eigenvalue weighted by Crippen LogP contribution is -2.19. The largest absolute Gasteiger partial charge is 0.489 e. The van der Waals surface area contributed by atoms with E-state index in [0.29, 0.717) is 11.6 Å². The predicted octanol–water partition coefficient (Wildman–Crippen LogP) is 5.77. The molecule has 1 aromatic heterocycles. The number of halogens is 1. The first-order valence-corrected chi connectivity index (χ1v) is 11.6. The Morgan fingerprint density at radius 1 is 1.13 bits per heavy atom. The van der Waals surface area contributed by atoms with Crippen molar-refractivity contribution < 1.29 is 9.53 Å². The number of carbonyl (C=O) groups excluding carboxylic acids is 1. The Labute approximate surface area is 193 Å². The van der Waals surface area contributed by atoms with Gasteiger partial charge in [-0.2, -0.15) is 5.10 Å². The predicted molar refractivity (Wildman–Crippen MR) is 128 cm³/mol. The average molecular weight is 468 g/mol. The van der Waals surface area contributed by atoms with Gasteiger partial charge in [0, 0.05) is 5.02 Å². The zero-order valence-corrected chi connectivity index (χ0v) is 18.7. The zero-order valence-electron chi connectivity index (χ0n) is 16.3. The van der Waals surface area contributed by atoms with E-state index in [1.165, 1.54) is 11.8 Å². The van der Waals surface area contributed by atoms with Crippen LogP contribution < -0.4 is 10.2 Å². The summed E-state index contributed by atoms with van der Waals surface area (Å²) in [5, 5.41) is 4.71. The van der Waals surface area contributed by atoms with Gasteiger partial charge in [0.05, 0.1) is 22.2 Å². The van der Waals surface area contributed by atoms with E-state index in [0.717, 1.165) is 31.4 Å². The van der Waals surface area contributed by atoms with Crippen LogP contribution >= 0.6 is 34.7 Å². The Morgan fingerprint density at radius 2 is 1.97 bits per heavy atom. The van der Waals surface area contributed by atoms with Crippen molar-refractivity contribution in [3.63, 3.8) is 0 Å². The highest BCUT2D eigenvalue weighted by Gasteiger charge is 2.07. The number of hydrogen-bond donors (Lipinski definition) is 1. The van der Waals surface area contributed by atoms with E-state index in [4.69, 9.17) is 16.3 Å². The van der Waals surface area contributed by atoms with Crippen molar-refractivity contribution in [2.45, 2.75) is 10.9 Å². The van der Waals surface area contributed by atoms with Crippen LogP contribution in [-0.2, 0) is 11.4 Å². The molecule has 1 N–H and O–H groups in total. The molecule has 1 heterocycles. The SMILES string of the molecule is O=C(CSc1nc2ccccc2s1)NN=Cc1ccc(OCc2cccc(Cl)c2)cc1. The molecule has 0 bridgehead atoms. The molecular formula is C23H18ClN3O2S2. The van der Waals surface area contributed by atoms with E-state index < -0.39 is 0 Å². The van der Waals surface area contributed by atoms with Crippen LogP contribution in [0.5, 0.6) is 5.75 Å². The summed E-state index contributed by atoms with van der Waals surface area (Å²) in [4.78, 5) is 16.5. The Balaban J connectivity index is 1.22. The van der Waals surface area contributed by atoms with Crippen molar-refractivity contribution in [1.29, 1.82) is 0 Å². The lowest BCUT2D eigenvalue weighted by atomic mass is 10.2. The van der Waals surface area contributed by atoms with Crippen LogP contribution in [0, 0.1) is 0 Å². The number of thioether (sulfide) groups is 1. The van der Waals surface area contributed by atoms with Gasteiger partial charge >= 0.3 is 0 Å². The number of para-hydroxylation sites is 1. The molecule has 1 amide bonds. The van der Waals surface area contributed by atoms with Gasteiger partial charge in [0.2, 0.25) is 0 Å². The maximum Gasteiger partial charge on any atom is 0.250 e. The van der Waals surface area contributed by atoms with Crippen LogP contribution in [0.1, 0.15) is 11.1 Å². The minimum absolute atomic E-state index is 0.179. The van der Waals surface area contributed by atoms with E-state index in [2.05, 4.69) is 15.5 Å². The molecule has 0 fully saturated rings. The molecule has 0 saturated heterocycles. The summed E-state index contributed by atoms with van der Waals surface area (Å²) in [5.74, 6) is 0.823. The molecule has 0 unspecified atom stereocenters. The molecule has 0 aliphatic carbocycles. The fraction of sp³-hybridized carbons (Fsp3) is 0.0870. The van der Waals surface area contributed by atoms with Gasteiger partial charge in [-0.3, -0.25) is 4.79 Å². The molecule has 31 heavy (non-hydrogen) atoms. The molecule has 156 valence electrons. The Hall–Kier alpha value is -2.87. The lowest BCUT2D eigenvalue weighted by Gasteiger charge is -2.06. The average Bonchev–Trinajstić information content (AvgIpc) is 3.20. The molecule has 0 saturated carbocycles. The quantitative estimate of drug-likeness (QED) is 0.203. The summed E-state index contributed by atoms with van der Waals surface area (Å²) < 4.78 is 7.74. The van der Waals surface area contributed by atoms with Crippen LogP contribution in [-0.4, -0.2) is 22.9 Å². The van der Waals surface area contributed by atoms with E-state index in [1.54, 1.807) is 17.6 Å².